The fraction of sp³-hybridized carbons (Fsp3) is 0.176. The normalized spacial score (nSPS) is 13.0. The van der Waals surface area contributed by atoms with Gasteiger partial charge in [-0.3, -0.25) is 0 Å². The van der Waals surface area contributed by atoms with Gasteiger partial charge in [0.25, 0.3) is 0 Å². The molecule has 90 valence electrons. The molecule has 3 rings (SSSR count). The van der Waals surface area contributed by atoms with Crippen molar-refractivity contribution in [3.63, 3.8) is 0 Å². The highest BCUT2D eigenvalue weighted by Gasteiger charge is 2.10. The fourth-order valence-electron chi connectivity index (χ4n) is 2.59. The van der Waals surface area contributed by atoms with Crippen molar-refractivity contribution >= 4 is 21.5 Å². The van der Waals surface area contributed by atoms with Crippen molar-refractivity contribution in [2.45, 2.75) is 12.8 Å². The van der Waals surface area contributed by atoms with Crippen molar-refractivity contribution in [2.75, 3.05) is 6.61 Å². The maximum atomic E-state index is 9.42. The third kappa shape index (κ3) is 1.68. The molecule has 1 nitrogen and oxygen atoms in total. The van der Waals surface area contributed by atoms with Crippen LogP contribution in [0.1, 0.15) is 18.4 Å². The third-order valence-corrected chi connectivity index (χ3v) is 3.60. The molecule has 0 saturated heterocycles. The highest BCUT2D eigenvalue weighted by atomic mass is 16.3. The van der Waals surface area contributed by atoms with Crippen molar-refractivity contribution in [3.05, 3.63) is 60.2 Å². The van der Waals surface area contributed by atoms with E-state index in [2.05, 4.69) is 61.5 Å². The standard InChI is InChI=1S/C17H16O/c1-12(11-18)17-10-13-6-2-3-7-14(13)15-8-4-5-9-16(15)17/h2-10,12,18H,11H2,1H3. The molecule has 0 saturated carbocycles. The lowest BCUT2D eigenvalue weighted by Crippen LogP contribution is -2.00. The maximum absolute atomic E-state index is 9.42. The topological polar surface area (TPSA) is 20.2 Å². The Kier molecular flexibility index (Phi) is 2.77. The van der Waals surface area contributed by atoms with Gasteiger partial charge in [0.2, 0.25) is 0 Å². The van der Waals surface area contributed by atoms with E-state index in [9.17, 15) is 5.11 Å². The predicted molar refractivity (Wildman–Crippen MR) is 77.0 cm³/mol. The van der Waals surface area contributed by atoms with Gasteiger partial charge in [0.1, 0.15) is 0 Å². The van der Waals surface area contributed by atoms with E-state index in [1.807, 2.05) is 0 Å². The molecule has 0 fully saturated rings. The summed E-state index contributed by atoms with van der Waals surface area (Å²) in [5, 5.41) is 14.5. The monoisotopic (exact) mass is 236 g/mol. The molecule has 0 aliphatic rings. The first-order chi connectivity index (χ1) is 8.81. The summed E-state index contributed by atoms with van der Waals surface area (Å²) in [5.41, 5.74) is 1.23. The molecule has 1 N–H and O–H groups in total. The minimum atomic E-state index is 0.166. The van der Waals surface area contributed by atoms with E-state index < -0.39 is 0 Å². The number of hydrogen-bond donors (Lipinski definition) is 1. The Morgan fingerprint density at radius 2 is 1.50 bits per heavy atom. The molecule has 1 heteroatoms. The molecule has 0 spiro atoms. The summed E-state index contributed by atoms with van der Waals surface area (Å²) in [6.07, 6.45) is 0. The highest BCUT2D eigenvalue weighted by molar-refractivity contribution is 6.09. The van der Waals surface area contributed by atoms with Crippen LogP contribution in [-0.4, -0.2) is 11.7 Å². The van der Waals surface area contributed by atoms with Crippen LogP contribution in [0.5, 0.6) is 0 Å². The molecule has 0 aromatic heterocycles. The summed E-state index contributed by atoms with van der Waals surface area (Å²) in [6.45, 7) is 2.25. The van der Waals surface area contributed by atoms with Crippen LogP contribution in [0.3, 0.4) is 0 Å². The molecule has 0 amide bonds. The second-order valence-corrected chi connectivity index (χ2v) is 4.82. The van der Waals surface area contributed by atoms with Crippen LogP contribution < -0.4 is 0 Å². The zero-order valence-electron chi connectivity index (χ0n) is 10.4. The van der Waals surface area contributed by atoms with Gasteiger partial charge in [-0.2, -0.15) is 0 Å². The molecule has 1 unspecified atom stereocenters. The second kappa shape index (κ2) is 4.43. The molecular formula is C17H16O. The molecule has 0 heterocycles. The van der Waals surface area contributed by atoms with Gasteiger partial charge in [0.15, 0.2) is 0 Å². The summed E-state index contributed by atoms with van der Waals surface area (Å²) in [7, 11) is 0. The maximum Gasteiger partial charge on any atom is 0.0497 e. The molecule has 1 atom stereocenters. The second-order valence-electron chi connectivity index (χ2n) is 4.82. The summed E-state index contributed by atoms with van der Waals surface area (Å²) in [4.78, 5) is 0. The van der Waals surface area contributed by atoms with Crippen molar-refractivity contribution in [1.29, 1.82) is 0 Å². The number of hydrogen-bond acceptors (Lipinski definition) is 1. The average Bonchev–Trinajstić information content (AvgIpc) is 2.45. The largest absolute Gasteiger partial charge is 0.396 e. The van der Waals surface area contributed by atoms with E-state index in [1.165, 1.54) is 27.1 Å². The Balaban J connectivity index is 2.46. The van der Waals surface area contributed by atoms with Crippen LogP contribution in [-0.2, 0) is 0 Å². The van der Waals surface area contributed by atoms with Gasteiger partial charge in [-0.25, -0.2) is 0 Å². The Morgan fingerprint density at radius 3 is 2.22 bits per heavy atom. The lowest BCUT2D eigenvalue weighted by atomic mass is 9.91. The molecule has 3 aromatic rings. The average molecular weight is 236 g/mol. The molecule has 3 aromatic carbocycles. The van der Waals surface area contributed by atoms with Gasteiger partial charge in [0.05, 0.1) is 0 Å². The molecule has 0 aliphatic carbocycles. The van der Waals surface area contributed by atoms with E-state index in [0.717, 1.165) is 0 Å². The first kappa shape index (κ1) is 11.2. The van der Waals surface area contributed by atoms with Crippen LogP contribution in [0.25, 0.3) is 21.5 Å². The van der Waals surface area contributed by atoms with Crippen molar-refractivity contribution in [2.24, 2.45) is 0 Å². The molecule has 18 heavy (non-hydrogen) atoms. The smallest absolute Gasteiger partial charge is 0.0497 e. The van der Waals surface area contributed by atoms with E-state index in [-0.39, 0.29) is 12.5 Å². The van der Waals surface area contributed by atoms with Crippen LogP contribution >= 0.6 is 0 Å². The number of rotatable bonds is 2. The van der Waals surface area contributed by atoms with Crippen molar-refractivity contribution in [1.82, 2.24) is 0 Å². The van der Waals surface area contributed by atoms with E-state index in [4.69, 9.17) is 0 Å². The fourth-order valence-corrected chi connectivity index (χ4v) is 2.59. The minimum Gasteiger partial charge on any atom is -0.396 e. The summed E-state index contributed by atoms with van der Waals surface area (Å²) >= 11 is 0. The Hall–Kier alpha value is -1.86. The molecule has 0 aliphatic heterocycles. The number of aliphatic hydroxyl groups excluding tert-OH is 1. The molecule has 0 bridgehead atoms. The Labute approximate surface area is 107 Å². The quantitative estimate of drug-likeness (QED) is 0.664. The van der Waals surface area contributed by atoms with Crippen LogP contribution in [0.2, 0.25) is 0 Å². The predicted octanol–water partition coefficient (Wildman–Crippen LogP) is 4.09. The molecular weight excluding hydrogens is 220 g/mol. The summed E-state index contributed by atoms with van der Waals surface area (Å²) in [5.74, 6) is 0.166. The lowest BCUT2D eigenvalue weighted by molar-refractivity contribution is 0.274. The lowest BCUT2D eigenvalue weighted by Gasteiger charge is -2.14. The molecule has 0 radical (unpaired) electrons. The highest BCUT2D eigenvalue weighted by Crippen LogP contribution is 2.32. The van der Waals surface area contributed by atoms with Crippen LogP contribution in [0, 0.1) is 0 Å². The number of fused-ring (bicyclic) bond motifs is 3. The number of aliphatic hydroxyl groups is 1. The van der Waals surface area contributed by atoms with E-state index in [1.54, 1.807) is 0 Å². The van der Waals surface area contributed by atoms with E-state index >= 15 is 0 Å². The van der Waals surface area contributed by atoms with Gasteiger partial charge in [0, 0.05) is 12.5 Å². The summed E-state index contributed by atoms with van der Waals surface area (Å²) in [6, 6.07) is 19.1. The zero-order chi connectivity index (χ0) is 12.5. The zero-order valence-corrected chi connectivity index (χ0v) is 10.4. The summed E-state index contributed by atoms with van der Waals surface area (Å²) < 4.78 is 0. The minimum absolute atomic E-state index is 0.166. The van der Waals surface area contributed by atoms with Gasteiger partial charge in [-0.15, -0.1) is 0 Å². The Morgan fingerprint density at radius 1 is 0.889 bits per heavy atom. The van der Waals surface area contributed by atoms with Gasteiger partial charge in [-0.05, 0) is 27.1 Å². The van der Waals surface area contributed by atoms with Crippen molar-refractivity contribution < 1.29 is 5.11 Å². The first-order valence-corrected chi connectivity index (χ1v) is 6.32. The van der Waals surface area contributed by atoms with Crippen molar-refractivity contribution in [3.8, 4) is 0 Å². The van der Waals surface area contributed by atoms with Gasteiger partial charge >= 0.3 is 0 Å². The van der Waals surface area contributed by atoms with Crippen LogP contribution in [0.4, 0.5) is 0 Å². The van der Waals surface area contributed by atoms with Gasteiger partial charge in [-0.1, -0.05) is 61.5 Å². The third-order valence-electron chi connectivity index (χ3n) is 3.60. The first-order valence-electron chi connectivity index (χ1n) is 6.32. The number of benzene rings is 3. The van der Waals surface area contributed by atoms with Crippen LogP contribution in [0.15, 0.2) is 54.6 Å². The SMILES string of the molecule is CC(CO)c1cc2ccccc2c2ccccc12. The van der Waals surface area contributed by atoms with Gasteiger partial charge < -0.3 is 5.11 Å². The Bertz CT molecular complexity index is 700. The van der Waals surface area contributed by atoms with E-state index in [0.29, 0.717) is 0 Å².